The molecule has 0 saturated carbocycles. The van der Waals surface area contributed by atoms with Crippen LogP contribution in [-0.2, 0) is 14.6 Å². The third kappa shape index (κ3) is 1.74. The van der Waals surface area contributed by atoms with Gasteiger partial charge in [-0.1, -0.05) is 0 Å². The first-order valence-corrected chi connectivity index (χ1v) is 3.79. The van der Waals surface area contributed by atoms with E-state index in [4.69, 9.17) is 5.11 Å². The van der Waals surface area contributed by atoms with Gasteiger partial charge < -0.3 is 10.2 Å². The molecule has 1 rings (SSSR count). The van der Waals surface area contributed by atoms with Crippen molar-refractivity contribution in [3.63, 3.8) is 0 Å². The zero-order valence-corrected chi connectivity index (χ0v) is 6.82. The largest absolute Gasteiger partial charge is 0.479 e. The molecule has 1 saturated heterocycles. The van der Waals surface area contributed by atoms with Gasteiger partial charge in [-0.05, 0) is 19.8 Å². The lowest BCUT2D eigenvalue weighted by Crippen LogP contribution is -2.49. The molecule has 12 heavy (non-hydrogen) atoms. The highest BCUT2D eigenvalue weighted by Gasteiger charge is 2.42. The molecule has 1 aliphatic rings. The Morgan fingerprint density at radius 3 is 2.75 bits per heavy atom. The van der Waals surface area contributed by atoms with Gasteiger partial charge in [-0.15, -0.1) is 0 Å². The molecule has 5 heteroatoms. The van der Waals surface area contributed by atoms with Crippen molar-refractivity contribution in [1.29, 1.82) is 0 Å². The Hall–Kier alpha value is -0.650. The average Bonchev–Trinajstić information content (AvgIpc) is 2.06. The van der Waals surface area contributed by atoms with Gasteiger partial charge in [0.2, 0.25) is 0 Å². The first kappa shape index (κ1) is 9.44. The van der Waals surface area contributed by atoms with Gasteiger partial charge >= 0.3 is 5.97 Å². The van der Waals surface area contributed by atoms with Crippen LogP contribution in [0.15, 0.2) is 0 Å². The molecule has 1 fully saturated rings. The Morgan fingerprint density at radius 1 is 1.67 bits per heavy atom. The summed E-state index contributed by atoms with van der Waals surface area (Å²) in [7, 11) is 0. The molecule has 0 radical (unpaired) electrons. The minimum atomic E-state index is -1.86. The SMILES string of the molecule is CC(O)(C(=O)O)C1CCCOO1. The average molecular weight is 176 g/mol. The van der Waals surface area contributed by atoms with Crippen LogP contribution in [-0.4, -0.2) is 34.5 Å². The highest BCUT2D eigenvalue weighted by Crippen LogP contribution is 2.22. The van der Waals surface area contributed by atoms with Crippen LogP contribution in [0.2, 0.25) is 0 Å². The minimum absolute atomic E-state index is 0.451. The van der Waals surface area contributed by atoms with Crippen molar-refractivity contribution < 1.29 is 24.8 Å². The van der Waals surface area contributed by atoms with E-state index in [1.807, 2.05) is 0 Å². The second kappa shape index (κ2) is 3.38. The summed E-state index contributed by atoms with van der Waals surface area (Å²) in [6.45, 7) is 1.65. The van der Waals surface area contributed by atoms with Crippen LogP contribution in [0.25, 0.3) is 0 Å². The molecule has 70 valence electrons. The molecule has 1 heterocycles. The quantitative estimate of drug-likeness (QED) is 0.576. The summed E-state index contributed by atoms with van der Waals surface area (Å²) >= 11 is 0. The molecular weight excluding hydrogens is 164 g/mol. The van der Waals surface area contributed by atoms with Crippen molar-refractivity contribution >= 4 is 5.97 Å². The molecule has 2 atom stereocenters. The third-order valence-corrected chi connectivity index (χ3v) is 1.94. The maximum atomic E-state index is 10.5. The summed E-state index contributed by atoms with van der Waals surface area (Å²) in [6.07, 6.45) is 0.427. The van der Waals surface area contributed by atoms with Crippen molar-refractivity contribution in [2.75, 3.05) is 6.61 Å². The molecule has 2 N–H and O–H groups in total. The topological polar surface area (TPSA) is 76.0 Å². The third-order valence-electron chi connectivity index (χ3n) is 1.94. The number of hydrogen-bond donors (Lipinski definition) is 2. The number of aliphatic hydroxyl groups is 1. The molecule has 0 amide bonds. The summed E-state index contributed by atoms with van der Waals surface area (Å²) in [5.41, 5.74) is -1.86. The molecular formula is C7H12O5. The van der Waals surface area contributed by atoms with Crippen LogP contribution < -0.4 is 0 Å². The molecule has 0 aromatic rings. The number of carboxylic acid groups (broad SMARTS) is 1. The second-order valence-electron chi connectivity index (χ2n) is 3.00. The fraction of sp³-hybridized carbons (Fsp3) is 0.857. The Balaban J connectivity index is 2.59. The molecule has 0 aromatic carbocycles. The normalized spacial score (nSPS) is 29.3. The van der Waals surface area contributed by atoms with Gasteiger partial charge in [0.25, 0.3) is 0 Å². The maximum Gasteiger partial charge on any atom is 0.338 e. The fourth-order valence-corrected chi connectivity index (χ4v) is 1.02. The fourth-order valence-electron chi connectivity index (χ4n) is 1.02. The first-order chi connectivity index (χ1) is 5.55. The summed E-state index contributed by atoms with van der Waals surface area (Å²) in [6, 6.07) is 0. The van der Waals surface area contributed by atoms with Gasteiger partial charge in [-0.2, -0.15) is 0 Å². The van der Waals surface area contributed by atoms with Crippen LogP contribution in [0.1, 0.15) is 19.8 Å². The van der Waals surface area contributed by atoms with Gasteiger partial charge in [-0.3, -0.25) is 0 Å². The molecule has 1 aliphatic heterocycles. The van der Waals surface area contributed by atoms with Crippen LogP contribution in [0, 0.1) is 0 Å². The van der Waals surface area contributed by atoms with Gasteiger partial charge in [0, 0.05) is 0 Å². The van der Waals surface area contributed by atoms with E-state index in [2.05, 4.69) is 9.78 Å². The Morgan fingerprint density at radius 2 is 2.33 bits per heavy atom. The maximum absolute atomic E-state index is 10.5. The van der Waals surface area contributed by atoms with Gasteiger partial charge in [-0.25, -0.2) is 14.6 Å². The zero-order valence-electron chi connectivity index (χ0n) is 6.82. The second-order valence-corrected chi connectivity index (χ2v) is 3.00. The van der Waals surface area contributed by atoms with E-state index < -0.39 is 17.7 Å². The highest BCUT2D eigenvalue weighted by atomic mass is 17.2. The summed E-state index contributed by atoms with van der Waals surface area (Å²) in [5, 5.41) is 18.0. The first-order valence-electron chi connectivity index (χ1n) is 3.79. The number of aliphatic carboxylic acids is 1. The van der Waals surface area contributed by atoms with E-state index in [9.17, 15) is 9.90 Å². The highest BCUT2D eigenvalue weighted by molar-refractivity contribution is 5.77. The molecule has 0 aliphatic carbocycles. The van der Waals surface area contributed by atoms with E-state index >= 15 is 0 Å². The van der Waals surface area contributed by atoms with Crippen LogP contribution in [0.5, 0.6) is 0 Å². The van der Waals surface area contributed by atoms with Crippen molar-refractivity contribution in [2.24, 2.45) is 0 Å². The smallest absolute Gasteiger partial charge is 0.338 e. The number of rotatable bonds is 2. The summed E-state index contributed by atoms with van der Waals surface area (Å²) in [4.78, 5) is 19.8. The van der Waals surface area contributed by atoms with Crippen molar-refractivity contribution in [3.05, 3.63) is 0 Å². The lowest BCUT2D eigenvalue weighted by molar-refractivity contribution is -0.366. The summed E-state index contributed by atoms with van der Waals surface area (Å²) < 4.78 is 0. The summed E-state index contributed by atoms with van der Waals surface area (Å²) in [5.74, 6) is -1.29. The monoisotopic (exact) mass is 176 g/mol. The molecule has 0 aromatic heterocycles. The standard InChI is InChI=1S/C7H12O5/c1-7(10,6(8)9)5-3-2-4-11-12-5/h5,10H,2-4H2,1H3,(H,8,9). The van der Waals surface area contributed by atoms with Crippen molar-refractivity contribution in [1.82, 2.24) is 0 Å². The predicted octanol–water partition coefficient (Wildman–Crippen LogP) is -0.0674. The van der Waals surface area contributed by atoms with Crippen LogP contribution >= 0.6 is 0 Å². The van der Waals surface area contributed by atoms with E-state index in [1.165, 1.54) is 6.92 Å². The van der Waals surface area contributed by atoms with Crippen LogP contribution in [0.3, 0.4) is 0 Å². The molecule has 2 unspecified atom stereocenters. The Bertz CT molecular complexity index is 171. The van der Waals surface area contributed by atoms with Gasteiger partial charge in [0.05, 0.1) is 6.61 Å². The van der Waals surface area contributed by atoms with Crippen molar-refractivity contribution in [2.45, 2.75) is 31.5 Å². The minimum Gasteiger partial charge on any atom is -0.479 e. The number of carbonyl (C=O) groups is 1. The van der Waals surface area contributed by atoms with E-state index in [-0.39, 0.29) is 0 Å². The lowest BCUT2D eigenvalue weighted by Gasteiger charge is -2.30. The lowest BCUT2D eigenvalue weighted by atomic mass is 9.95. The molecule has 0 spiro atoms. The van der Waals surface area contributed by atoms with Crippen LogP contribution in [0.4, 0.5) is 0 Å². The predicted molar refractivity (Wildman–Crippen MR) is 38.3 cm³/mol. The number of hydrogen-bond acceptors (Lipinski definition) is 4. The molecule has 5 nitrogen and oxygen atoms in total. The van der Waals surface area contributed by atoms with Crippen molar-refractivity contribution in [3.8, 4) is 0 Å². The van der Waals surface area contributed by atoms with Gasteiger partial charge in [0.15, 0.2) is 5.60 Å². The Labute approximate surface area is 69.8 Å². The number of carboxylic acids is 1. The van der Waals surface area contributed by atoms with E-state index in [0.717, 1.165) is 0 Å². The van der Waals surface area contributed by atoms with E-state index in [0.29, 0.717) is 19.4 Å². The Kier molecular flexibility index (Phi) is 2.66. The van der Waals surface area contributed by atoms with E-state index in [1.54, 1.807) is 0 Å². The zero-order chi connectivity index (χ0) is 9.19. The molecule has 0 bridgehead atoms. The van der Waals surface area contributed by atoms with Gasteiger partial charge in [0.1, 0.15) is 6.10 Å².